The topological polar surface area (TPSA) is 61.4 Å². The zero-order valence-electron chi connectivity index (χ0n) is 10.2. The second-order valence-electron chi connectivity index (χ2n) is 4.27. The maximum Gasteiger partial charge on any atom is 0.244 e. The molecule has 2 N–H and O–H groups in total. The Morgan fingerprint density at radius 2 is 2.25 bits per heavy atom. The molecule has 0 bridgehead atoms. The van der Waals surface area contributed by atoms with E-state index in [2.05, 4.69) is 10.6 Å². The van der Waals surface area contributed by atoms with Crippen molar-refractivity contribution in [3.05, 3.63) is 0 Å². The summed E-state index contributed by atoms with van der Waals surface area (Å²) in [6.07, 6.45) is 0.858. The fourth-order valence-corrected chi connectivity index (χ4v) is 1.76. The number of amides is 2. The number of carbonyl (C=O) groups is 2. The van der Waals surface area contributed by atoms with Crippen LogP contribution in [0.3, 0.4) is 0 Å². The zero-order valence-corrected chi connectivity index (χ0v) is 10.2. The second-order valence-corrected chi connectivity index (χ2v) is 4.27. The molecule has 0 aliphatic carbocycles. The lowest BCUT2D eigenvalue weighted by Crippen LogP contribution is -2.47. The third-order valence-electron chi connectivity index (χ3n) is 3.01. The van der Waals surface area contributed by atoms with Crippen LogP contribution >= 0.6 is 0 Å². The van der Waals surface area contributed by atoms with Crippen LogP contribution in [-0.4, -0.2) is 49.4 Å². The van der Waals surface area contributed by atoms with Crippen molar-refractivity contribution in [2.75, 3.05) is 26.7 Å². The van der Waals surface area contributed by atoms with Gasteiger partial charge in [-0.2, -0.15) is 0 Å². The highest BCUT2D eigenvalue weighted by Gasteiger charge is 2.26. The minimum Gasteiger partial charge on any atom is -0.344 e. The van der Waals surface area contributed by atoms with E-state index >= 15 is 0 Å². The van der Waals surface area contributed by atoms with Gasteiger partial charge in [0.2, 0.25) is 11.8 Å². The highest BCUT2D eigenvalue weighted by molar-refractivity contribution is 5.88. The quantitative estimate of drug-likeness (QED) is 0.685. The van der Waals surface area contributed by atoms with E-state index < -0.39 is 6.04 Å². The third-order valence-corrected chi connectivity index (χ3v) is 3.01. The Bertz CT molecular complexity index is 262. The molecule has 0 spiro atoms. The highest BCUT2D eigenvalue weighted by Crippen LogP contribution is 2.07. The van der Waals surface area contributed by atoms with Crippen LogP contribution in [0, 0.1) is 5.92 Å². The molecule has 1 rings (SSSR count). The van der Waals surface area contributed by atoms with Crippen LogP contribution in [-0.2, 0) is 9.59 Å². The smallest absolute Gasteiger partial charge is 0.244 e. The summed E-state index contributed by atoms with van der Waals surface area (Å²) in [4.78, 5) is 25.1. The first-order chi connectivity index (χ1) is 7.56. The number of rotatable bonds is 4. The first-order valence-electron chi connectivity index (χ1n) is 5.82. The van der Waals surface area contributed by atoms with E-state index in [1.54, 1.807) is 18.9 Å². The Morgan fingerprint density at radius 1 is 1.56 bits per heavy atom. The molecule has 0 aromatic heterocycles. The monoisotopic (exact) mass is 227 g/mol. The molecule has 2 atom stereocenters. The Hall–Kier alpha value is -1.10. The van der Waals surface area contributed by atoms with Gasteiger partial charge in [0.15, 0.2) is 0 Å². The molecule has 92 valence electrons. The van der Waals surface area contributed by atoms with E-state index in [0.717, 1.165) is 19.5 Å². The zero-order chi connectivity index (χ0) is 12.1. The van der Waals surface area contributed by atoms with Crippen molar-refractivity contribution in [1.29, 1.82) is 0 Å². The summed E-state index contributed by atoms with van der Waals surface area (Å²) in [6, 6.07) is -0.432. The SMILES string of the molecule is CCN(C)C(=O)C(C)NC(=O)C1CCNC1. The summed E-state index contributed by atoms with van der Waals surface area (Å²) in [5, 5.41) is 5.90. The largest absolute Gasteiger partial charge is 0.344 e. The van der Waals surface area contributed by atoms with Gasteiger partial charge >= 0.3 is 0 Å². The van der Waals surface area contributed by atoms with Crippen molar-refractivity contribution in [3.8, 4) is 0 Å². The fraction of sp³-hybridized carbons (Fsp3) is 0.818. The number of nitrogens with zero attached hydrogens (tertiary/aromatic N) is 1. The summed E-state index contributed by atoms with van der Waals surface area (Å²) in [5.74, 6) is -0.0423. The molecule has 16 heavy (non-hydrogen) atoms. The van der Waals surface area contributed by atoms with Crippen molar-refractivity contribution in [3.63, 3.8) is 0 Å². The van der Waals surface area contributed by atoms with Gasteiger partial charge in [0, 0.05) is 20.1 Å². The van der Waals surface area contributed by atoms with Gasteiger partial charge in [0.1, 0.15) is 6.04 Å². The van der Waals surface area contributed by atoms with Gasteiger partial charge in [-0.05, 0) is 26.8 Å². The van der Waals surface area contributed by atoms with Gasteiger partial charge in [-0.1, -0.05) is 0 Å². The van der Waals surface area contributed by atoms with Crippen molar-refractivity contribution in [2.45, 2.75) is 26.3 Å². The molecule has 1 aliphatic heterocycles. The summed E-state index contributed by atoms with van der Waals surface area (Å²) in [7, 11) is 1.74. The molecule has 1 fully saturated rings. The van der Waals surface area contributed by atoms with E-state index in [4.69, 9.17) is 0 Å². The van der Waals surface area contributed by atoms with Crippen LogP contribution in [0.1, 0.15) is 20.3 Å². The maximum atomic E-state index is 11.7. The number of nitrogens with one attached hydrogen (secondary N) is 2. The molecular formula is C11H21N3O2. The van der Waals surface area contributed by atoms with E-state index in [9.17, 15) is 9.59 Å². The molecule has 2 unspecified atom stereocenters. The van der Waals surface area contributed by atoms with Gasteiger partial charge in [-0.3, -0.25) is 9.59 Å². The van der Waals surface area contributed by atoms with E-state index in [1.807, 2.05) is 6.92 Å². The molecule has 1 heterocycles. The predicted molar refractivity (Wildman–Crippen MR) is 61.9 cm³/mol. The molecule has 1 saturated heterocycles. The van der Waals surface area contributed by atoms with Crippen molar-refractivity contribution in [1.82, 2.24) is 15.5 Å². The van der Waals surface area contributed by atoms with Crippen LogP contribution in [0.5, 0.6) is 0 Å². The Kier molecular flexibility index (Phi) is 4.73. The van der Waals surface area contributed by atoms with Gasteiger partial charge in [0.05, 0.1) is 5.92 Å². The predicted octanol–water partition coefficient (Wildman–Crippen LogP) is -0.421. The molecule has 5 heteroatoms. The van der Waals surface area contributed by atoms with Gasteiger partial charge in [0.25, 0.3) is 0 Å². The van der Waals surface area contributed by atoms with Crippen LogP contribution in [0.15, 0.2) is 0 Å². The number of carbonyl (C=O) groups excluding carboxylic acids is 2. The molecule has 0 radical (unpaired) electrons. The van der Waals surface area contributed by atoms with Crippen LogP contribution < -0.4 is 10.6 Å². The van der Waals surface area contributed by atoms with Gasteiger partial charge < -0.3 is 15.5 Å². The average Bonchev–Trinajstić information content (AvgIpc) is 2.80. The molecule has 0 aromatic carbocycles. The summed E-state index contributed by atoms with van der Waals surface area (Å²) >= 11 is 0. The molecule has 2 amide bonds. The van der Waals surface area contributed by atoms with Crippen LogP contribution in [0.4, 0.5) is 0 Å². The molecule has 5 nitrogen and oxygen atoms in total. The van der Waals surface area contributed by atoms with Crippen LogP contribution in [0.2, 0.25) is 0 Å². The lowest BCUT2D eigenvalue weighted by atomic mass is 10.1. The normalized spacial score (nSPS) is 21.6. The summed E-state index contributed by atoms with van der Waals surface area (Å²) in [5.41, 5.74) is 0. The van der Waals surface area contributed by atoms with Crippen molar-refractivity contribution >= 4 is 11.8 Å². The van der Waals surface area contributed by atoms with Crippen molar-refractivity contribution < 1.29 is 9.59 Å². The minimum atomic E-state index is -0.432. The number of hydrogen-bond donors (Lipinski definition) is 2. The summed E-state index contributed by atoms with van der Waals surface area (Å²) in [6.45, 7) is 5.90. The summed E-state index contributed by atoms with van der Waals surface area (Å²) < 4.78 is 0. The number of hydrogen-bond acceptors (Lipinski definition) is 3. The highest BCUT2D eigenvalue weighted by atomic mass is 16.2. The average molecular weight is 227 g/mol. The molecule has 0 aromatic rings. The Balaban J connectivity index is 2.40. The third kappa shape index (κ3) is 3.20. The second kappa shape index (κ2) is 5.84. The Labute approximate surface area is 96.6 Å². The van der Waals surface area contributed by atoms with E-state index in [1.165, 1.54) is 0 Å². The number of likely N-dealkylation sites (N-methyl/N-ethyl adjacent to an activating group) is 1. The van der Waals surface area contributed by atoms with E-state index in [-0.39, 0.29) is 17.7 Å². The van der Waals surface area contributed by atoms with Crippen LogP contribution in [0.25, 0.3) is 0 Å². The maximum absolute atomic E-state index is 11.7. The first kappa shape index (κ1) is 13.0. The standard InChI is InChI=1S/C11H21N3O2/c1-4-14(3)11(16)8(2)13-10(15)9-5-6-12-7-9/h8-9,12H,4-7H2,1-3H3,(H,13,15). The lowest BCUT2D eigenvalue weighted by Gasteiger charge is -2.21. The van der Waals surface area contributed by atoms with E-state index in [0.29, 0.717) is 6.54 Å². The fourth-order valence-electron chi connectivity index (χ4n) is 1.76. The van der Waals surface area contributed by atoms with Crippen molar-refractivity contribution in [2.24, 2.45) is 5.92 Å². The van der Waals surface area contributed by atoms with Gasteiger partial charge in [-0.15, -0.1) is 0 Å². The molecule has 1 aliphatic rings. The minimum absolute atomic E-state index is 0.0159. The van der Waals surface area contributed by atoms with Gasteiger partial charge in [-0.25, -0.2) is 0 Å². The molecule has 0 saturated carbocycles. The first-order valence-corrected chi connectivity index (χ1v) is 5.82. The molecular weight excluding hydrogens is 206 g/mol. The lowest BCUT2D eigenvalue weighted by molar-refractivity contribution is -0.135. The Morgan fingerprint density at radius 3 is 2.75 bits per heavy atom.